The number of non-ortho nitro benzene ring substituents is 1. The van der Waals surface area contributed by atoms with Gasteiger partial charge >= 0.3 is 0 Å². The van der Waals surface area contributed by atoms with Crippen LogP contribution in [0, 0.1) is 10.1 Å². The average Bonchev–Trinajstić information content (AvgIpc) is 2.09. The molecule has 6 heteroatoms. The van der Waals surface area contributed by atoms with Crippen molar-refractivity contribution >= 4 is 21.6 Å². The van der Waals surface area contributed by atoms with Crippen LogP contribution in [0.5, 0.6) is 5.75 Å². The number of nitro benzene ring substituents is 1. The number of phenolic OH excluding ortho intramolecular Hbond substituents is 1. The first-order chi connectivity index (χ1) is 7.09. The molecule has 15 heavy (non-hydrogen) atoms. The summed E-state index contributed by atoms with van der Waals surface area (Å²) in [5.41, 5.74) is 0.575. The van der Waals surface area contributed by atoms with Gasteiger partial charge in [-0.2, -0.15) is 0 Å². The second-order valence-corrected chi connectivity index (χ2v) is 4.27. The van der Waals surface area contributed by atoms with Crippen molar-refractivity contribution in [2.75, 3.05) is 6.54 Å². The van der Waals surface area contributed by atoms with Crippen LogP contribution in [0.3, 0.4) is 0 Å². The highest BCUT2D eigenvalue weighted by Gasteiger charge is 2.25. The standard InChI is InChI=1S/C9H9BrN2O3/c10-7-4-5(12(14)15)3-6(9(7)13)8-1-2-11-8/h3-4,8,11,13H,1-2H2/t8-/m1/s1. The fourth-order valence-electron chi connectivity index (χ4n) is 1.53. The maximum atomic E-state index is 10.6. The summed E-state index contributed by atoms with van der Waals surface area (Å²) in [5.74, 6) is 0.0813. The molecule has 0 saturated carbocycles. The van der Waals surface area contributed by atoms with E-state index in [9.17, 15) is 15.2 Å². The maximum absolute atomic E-state index is 10.6. The molecular weight excluding hydrogens is 264 g/mol. The van der Waals surface area contributed by atoms with E-state index in [-0.39, 0.29) is 17.5 Å². The Hall–Kier alpha value is -1.14. The molecule has 0 amide bonds. The van der Waals surface area contributed by atoms with E-state index >= 15 is 0 Å². The Bertz CT molecular complexity index is 418. The normalized spacial score (nSPS) is 19.7. The Kier molecular flexibility index (Phi) is 2.62. The summed E-state index contributed by atoms with van der Waals surface area (Å²) >= 11 is 3.10. The van der Waals surface area contributed by atoms with E-state index < -0.39 is 4.92 Å². The summed E-state index contributed by atoms with van der Waals surface area (Å²) in [4.78, 5) is 10.2. The molecule has 0 bridgehead atoms. The third-order valence-electron chi connectivity index (χ3n) is 2.49. The van der Waals surface area contributed by atoms with Gasteiger partial charge in [-0.25, -0.2) is 0 Å². The third-order valence-corrected chi connectivity index (χ3v) is 3.09. The molecule has 0 spiro atoms. The van der Waals surface area contributed by atoms with E-state index in [2.05, 4.69) is 21.2 Å². The summed E-state index contributed by atoms with van der Waals surface area (Å²) in [5, 5.41) is 23.5. The van der Waals surface area contributed by atoms with Gasteiger partial charge in [0.15, 0.2) is 0 Å². The van der Waals surface area contributed by atoms with E-state index in [1.54, 1.807) is 0 Å². The molecule has 1 saturated heterocycles. The number of nitro groups is 1. The quantitative estimate of drug-likeness (QED) is 0.639. The van der Waals surface area contributed by atoms with Crippen LogP contribution in [0.15, 0.2) is 16.6 Å². The zero-order valence-corrected chi connectivity index (χ0v) is 9.32. The van der Waals surface area contributed by atoms with Gasteiger partial charge in [-0.05, 0) is 28.9 Å². The largest absolute Gasteiger partial charge is 0.506 e. The Labute approximate surface area is 94.4 Å². The smallest absolute Gasteiger partial charge is 0.271 e. The van der Waals surface area contributed by atoms with Crippen LogP contribution in [-0.2, 0) is 0 Å². The zero-order chi connectivity index (χ0) is 11.0. The third kappa shape index (κ3) is 1.82. The van der Waals surface area contributed by atoms with Crippen LogP contribution in [0.4, 0.5) is 5.69 Å². The second kappa shape index (κ2) is 3.79. The number of hydrogen-bond acceptors (Lipinski definition) is 4. The molecule has 1 atom stereocenters. The van der Waals surface area contributed by atoms with Gasteiger partial charge in [0.1, 0.15) is 5.75 Å². The van der Waals surface area contributed by atoms with Crippen LogP contribution in [-0.4, -0.2) is 16.6 Å². The van der Waals surface area contributed by atoms with Crippen molar-refractivity contribution < 1.29 is 10.0 Å². The molecule has 2 rings (SSSR count). The van der Waals surface area contributed by atoms with Crippen molar-refractivity contribution in [1.29, 1.82) is 0 Å². The number of phenols is 1. The predicted molar refractivity (Wildman–Crippen MR) is 57.8 cm³/mol. The van der Waals surface area contributed by atoms with Gasteiger partial charge in [0.05, 0.1) is 9.40 Å². The van der Waals surface area contributed by atoms with Crippen LogP contribution in [0.1, 0.15) is 18.0 Å². The number of nitrogens with zero attached hydrogens (tertiary/aromatic N) is 1. The van der Waals surface area contributed by atoms with E-state index in [4.69, 9.17) is 0 Å². The minimum atomic E-state index is -0.466. The minimum absolute atomic E-state index is 0.0108. The van der Waals surface area contributed by atoms with E-state index in [0.29, 0.717) is 10.0 Å². The first kappa shape index (κ1) is 10.4. The summed E-state index contributed by atoms with van der Waals surface area (Å²) in [7, 11) is 0. The van der Waals surface area contributed by atoms with E-state index in [0.717, 1.165) is 13.0 Å². The summed E-state index contributed by atoms with van der Waals surface area (Å²) in [6, 6.07) is 2.75. The van der Waals surface area contributed by atoms with Crippen molar-refractivity contribution in [3.8, 4) is 5.75 Å². The number of aromatic hydroxyl groups is 1. The highest BCUT2D eigenvalue weighted by Crippen LogP contribution is 2.38. The molecule has 0 aromatic heterocycles. The van der Waals surface area contributed by atoms with Crippen molar-refractivity contribution in [3.63, 3.8) is 0 Å². The highest BCUT2D eigenvalue weighted by atomic mass is 79.9. The second-order valence-electron chi connectivity index (χ2n) is 3.42. The molecule has 2 N–H and O–H groups in total. The number of nitrogens with one attached hydrogen (secondary N) is 1. The molecule has 80 valence electrons. The van der Waals surface area contributed by atoms with Crippen LogP contribution < -0.4 is 5.32 Å². The maximum Gasteiger partial charge on any atom is 0.271 e. The zero-order valence-electron chi connectivity index (χ0n) is 7.74. The van der Waals surface area contributed by atoms with Gasteiger partial charge < -0.3 is 10.4 Å². The van der Waals surface area contributed by atoms with Gasteiger partial charge in [-0.1, -0.05) is 0 Å². The SMILES string of the molecule is O=[N+]([O-])c1cc(Br)c(O)c([C@H]2CCN2)c1. The van der Waals surface area contributed by atoms with Crippen molar-refractivity contribution in [1.82, 2.24) is 5.32 Å². The van der Waals surface area contributed by atoms with Gasteiger partial charge in [-0.3, -0.25) is 10.1 Å². The highest BCUT2D eigenvalue weighted by molar-refractivity contribution is 9.10. The Morgan fingerprint density at radius 2 is 2.27 bits per heavy atom. The van der Waals surface area contributed by atoms with Crippen molar-refractivity contribution in [3.05, 3.63) is 32.3 Å². The van der Waals surface area contributed by atoms with Gasteiger partial charge in [0.25, 0.3) is 5.69 Å². The van der Waals surface area contributed by atoms with Crippen LogP contribution >= 0.6 is 15.9 Å². The molecule has 1 aromatic carbocycles. The lowest BCUT2D eigenvalue weighted by atomic mass is 9.97. The molecular formula is C9H9BrN2O3. The van der Waals surface area contributed by atoms with Gasteiger partial charge in [0.2, 0.25) is 0 Å². The lowest BCUT2D eigenvalue weighted by Gasteiger charge is -2.28. The lowest BCUT2D eigenvalue weighted by molar-refractivity contribution is -0.385. The molecule has 0 unspecified atom stereocenters. The number of halogens is 1. The first-order valence-corrected chi connectivity index (χ1v) is 5.29. The van der Waals surface area contributed by atoms with Gasteiger partial charge in [-0.15, -0.1) is 0 Å². The molecule has 0 aliphatic carbocycles. The molecule has 1 aromatic rings. The Morgan fingerprint density at radius 1 is 1.60 bits per heavy atom. The van der Waals surface area contributed by atoms with Crippen molar-refractivity contribution in [2.45, 2.75) is 12.5 Å². The van der Waals surface area contributed by atoms with E-state index in [1.807, 2.05) is 0 Å². The van der Waals surface area contributed by atoms with E-state index in [1.165, 1.54) is 12.1 Å². The number of benzene rings is 1. The Balaban J connectivity index is 2.46. The average molecular weight is 273 g/mol. The predicted octanol–water partition coefficient (Wildman–Crippen LogP) is 2.10. The Morgan fingerprint density at radius 3 is 2.73 bits per heavy atom. The van der Waals surface area contributed by atoms with Crippen molar-refractivity contribution in [2.24, 2.45) is 0 Å². The monoisotopic (exact) mass is 272 g/mol. The number of hydrogen-bond donors (Lipinski definition) is 2. The van der Waals surface area contributed by atoms with Crippen LogP contribution in [0.25, 0.3) is 0 Å². The molecule has 1 heterocycles. The summed E-state index contributed by atoms with van der Waals surface area (Å²) in [6.45, 7) is 0.879. The molecule has 1 fully saturated rings. The first-order valence-electron chi connectivity index (χ1n) is 4.50. The number of rotatable bonds is 2. The fraction of sp³-hybridized carbons (Fsp3) is 0.333. The molecule has 5 nitrogen and oxygen atoms in total. The molecule has 0 radical (unpaired) electrons. The minimum Gasteiger partial charge on any atom is -0.506 e. The molecule has 1 aliphatic rings. The molecule has 1 aliphatic heterocycles. The summed E-state index contributed by atoms with van der Waals surface area (Å²) < 4.78 is 0.361. The lowest BCUT2D eigenvalue weighted by Crippen LogP contribution is -2.35. The van der Waals surface area contributed by atoms with Gasteiger partial charge in [0, 0.05) is 23.7 Å². The topological polar surface area (TPSA) is 75.4 Å². The summed E-state index contributed by atoms with van der Waals surface area (Å²) in [6.07, 6.45) is 0.890. The van der Waals surface area contributed by atoms with Crippen LogP contribution in [0.2, 0.25) is 0 Å². The fourth-order valence-corrected chi connectivity index (χ4v) is 1.99.